The summed E-state index contributed by atoms with van der Waals surface area (Å²) < 4.78 is 6.11. The van der Waals surface area contributed by atoms with Gasteiger partial charge in [0.1, 0.15) is 11.5 Å². The van der Waals surface area contributed by atoms with Gasteiger partial charge in [-0.25, -0.2) is 4.79 Å². The van der Waals surface area contributed by atoms with E-state index in [9.17, 15) is 9.59 Å². The van der Waals surface area contributed by atoms with Crippen LogP contribution in [0.25, 0.3) is 0 Å². The number of methoxy groups -OCH3 is 1. The Morgan fingerprint density at radius 2 is 2.16 bits per heavy atom. The molecule has 0 unspecified atom stereocenters. The molecule has 0 amide bonds. The first-order valence-corrected chi connectivity index (χ1v) is 5.70. The number of aromatic amines is 1. The molecule has 0 aliphatic rings. The molecule has 0 saturated heterocycles. The van der Waals surface area contributed by atoms with Crippen molar-refractivity contribution in [2.45, 2.75) is 25.9 Å². The molecule has 4 N–H and O–H groups in total. The molecular formula is C12H18N4O3. The number of nitrogens with zero attached hydrogens (tertiary/aromatic N) is 1. The zero-order valence-corrected chi connectivity index (χ0v) is 11.2. The number of ether oxygens (including phenoxy) is 1. The molecule has 0 radical (unpaired) electrons. The van der Waals surface area contributed by atoms with E-state index >= 15 is 0 Å². The van der Waals surface area contributed by atoms with E-state index in [-0.39, 0.29) is 18.1 Å². The average molecular weight is 266 g/mol. The van der Waals surface area contributed by atoms with Gasteiger partial charge in [-0.3, -0.25) is 14.3 Å². The quantitative estimate of drug-likeness (QED) is 0.629. The van der Waals surface area contributed by atoms with Crippen molar-refractivity contribution in [1.29, 1.82) is 0 Å². The van der Waals surface area contributed by atoms with Crippen LogP contribution in [-0.4, -0.2) is 28.8 Å². The van der Waals surface area contributed by atoms with E-state index in [0.29, 0.717) is 6.61 Å². The second-order valence-corrected chi connectivity index (χ2v) is 4.56. The Kier molecular flexibility index (Phi) is 4.40. The minimum absolute atomic E-state index is 0.0362. The van der Waals surface area contributed by atoms with Crippen LogP contribution in [-0.2, 0) is 11.3 Å². The molecule has 0 atom stereocenters. The van der Waals surface area contributed by atoms with E-state index in [1.165, 1.54) is 11.7 Å². The molecule has 0 saturated carbocycles. The van der Waals surface area contributed by atoms with E-state index in [1.807, 2.05) is 0 Å². The van der Waals surface area contributed by atoms with Crippen LogP contribution in [0, 0.1) is 12.3 Å². The Bertz CT molecular complexity index is 607. The van der Waals surface area contributed by atoms with Crippen LogP contribution in [0.5, 0.6) is 0 Å². The molecule has 0 aromatic carbocycles. The van der Waals surface area contributed by atoms with Crippen molar-refractivity contribution in [3.8, 4) is 12.3 Å². The van der Waals surface area contributed by atoms with E-state index in [4.69, 9.17) is 16.9 Å². The fourth-order valence-electron chi connectivity index (χ4n) is 1.46. The maximum Gasteiger partial charge on any atom is 0.330 e. The summed E-state index contributed by atoms with van der Waals surface area (Å²) in [6, 6.07) is 0. The lowest BCUT2D eigenvalue weighted by Crippen LogP contribution is -2.39. The molecule has 0 bridgehead atoms. The highest BCUT2D eigenvalue weighted by Crippen LogP contribution is 2.15. The summed E-state index contributed by atoms with van der Waals surface area (Å²) in [5, 5.41) is 2.84. The predicted octanol–water partition coefficient (Wildman–Crippen LogP) is -0.411. The summed E-state index contributed by atoms with van der Waals surface area (Å²) in [7, 11) is 1.51. The standard InChI is InChI=1S/C12H18N4O3/c1-5-12(2,3)15-8-9(13)16(6-7-19-4)11(18)14-10(8)17/h1,15H,6-7,13H2,2-4H3,(H,14,17,18). The third kappa shape index (κ3) is 3.39. The first kappa shape index (κ1) is 14.9. The lowest BCUT2D eigenvalue weighted by Gasteiger charge is -2.22. The van der Waals surface area contributed by atoms with Gasteiger partial charge in [0.25, 0.3) is 5.56 Å². The number of aromatic nitrogens is 2. The summed E-state index contributed by atoms with van der Waals surface area (Å²) in [5.74, 6) is 2.53. The van der Waals surface area contributed by atoms with E-state index in [1.54, 1.807) is 13.8 Å². The minimum atomic E-state index is -0.759. The second-order valence-electron chi connectivity index (χ2n) is 4.56. The number of H-pyrrole nitrogens is 1. The van der Waals surface area contributed by atoms with Gasteiger partial charge in [0.05, 0.1) is 18.7 Å². The number of nitrogen functional groups attached to an aromatic ring is 1. The fourth-order valence-corrected chi connectivity index (χ4v) is 1.46. The van der Waals surface area contributed by atoms with Crippen molar-refractivity contribution in [3.05, 3.63) is 20.8 Å². The van der Waals surface area contributed by atoms with Crippen LogP contribution in [0.2, 0.25) is 0 Å². The van der Waals surface area contributed by atoms with Crippen LogP contribution in [0.15, 0.2) is 9.59 Å². The van der Waals surface area contributed by atoms with Gasteiger partial charge in [-0.05, 0) is 13.8 Å². The molecule has 1 aromatic heterocycles. The van der Waals surface area contributed by atoms with Crippen molar-refractivity contribution in [1.82, 2.24) is 9.55 Å². The van der Waals surface area contributed by atoms with Crippen molar-refractivity contribution in [3.63, 3.8) is 0 Å². The lowest BCUT2D eigenvalue weighted by atomic mass is 10.1. The predicted molar refractivity (Wildman–Crippen MR) is 74.1 cm³/mol. The second kappa shape index (κ2) is 5.63. The van der Waals surface area contributed by atoms with Crippen molar-refractivity contribution < 1.29 is 4.74 Å². The molecule has 0 aliphatic heterocycles. The van der Waals surface area contributed by atoms with Gasteiger partial charge in [-0.2, -0.15) is 0 Å². The molecule has 1 rings (SSSR count). The smallest absolute Gasteiger partial charge is 0.330 e. The highest BCUT2D eigenvalue weighted by Gasteiger charge is 2.19. The van der Waals surface area contributed by atoms with Gasteiger partial charge in [-0.15, -0.1) is 6.42 Å². The number of terminal acetylenes is 1. The SMILES string of the molecule is C#CC(C)(C)Nc1c(N)n(CCOC)c(=O)[nH]c1=O. The summed E-state index contributed by atoms with van der Waals surface area (Å²) in [6.07, 6.45) is 5.35. The number of hydrogen-bond acceptors (Lipinski definition) is 5. The summed E-state index contributed by atoms with van der Waals surface area (Å²) in [5.41, 5.74) is 3.99. The number of hydrogen-bond donors (Lipinski definition) is 3. The summed E-state index contributed by atoms with van der Waals surface area (Å²) in [6.45, 7) is 3.98. The highest BCUT2D eigenvalue weighted by molar-refractivity contribution is 5.62. The van der Waals surface area contributed by atoms with Crippen LogP contribution in [0.4, 0.5) is 11.5 Å². The molecule has 0 aliphatic carbocycles. The van der Waals surface area contributed by atoms with Crippen molar-refractivity contribution in [2.24, 2.45) is 0 Å². The average Bonchev–Trinajstić information content (AvgIpc) is 2.34. The first-order valence-electron chi connectivity index (χ1n) is 5.70. The fraction of sp³-hybridized carbons (Fsp3) is 0.500. The monoisotopic (exact) mass is 266 g/mol. The lowest BCUT2D eigenvalue weighted by molar-refractivity contribution is 0.186. The topological polar surface area (TPSA) is 102 Å². The third-order valence-corrected chi connectivity index (χ3v) is 2.56. The molecule has 7 nitrogen and oxygen atoms in total. The highest BCUT2D eigenvalue weighted by atomic mass is 16.5. The Morgan fingerprint density at radius 3 is 2.68 bits per heavy atom. The van der Waals surface area contributed by atoms with Gasteiger partial charge in [0.2, 0.25) is 0 Å². The first-order chi connectivity index (χ1) is 8.82. The molecule has 0 fully saturated rings. The van der Waals surface area contributed by atoms with E-state index in [2.05, 4.69) is 16.2 Å². The molecule has 1 heterocycles. The number of anilines is 2. The molecule has 0 spiro atoms. The van der Waals surface area contributed by atoms with Crippen molar-refractivity contribution in [2.75, 3.05) is 24.8 Å². The maximum atomic E-state index is 11.8. The van der Waals surface area contributed by atoms with Gasteiger partial charge in [-0.1, -0.05) is 5.92 Å². The van der Waals surface area contributed by atoms with E-state index in [0.717, 1.165) is 0 Å². The van der Waals surface area contributed by atoms with Gasteiger partial charge >= 0.3 is 5.69 Å². The molecule has 104 valence electrons. The Labute approximate surface area is 110 Å². The minimum Gasteiger partial charge on any atom is -0.383 e. The third-order valence-electron chi connectivity index (χ3n) is 2.56. The van der Waals surface area contributed by atoms with Crippen LogP contribution in [0.3, 0.4) is 0 Å². The largest absolute Gasteiger partial charge is 0.383 e. The number of nitrogens with one attached hydrogen (secondary N) is 2. The zero-order valence-electron chi connectivity index (χ0n) is 11.2. The van der Waals surface area contributed by atoms with E-state index < -0.39 is 16.8 Å². The summed E-state index contributed by atoms with van der Waals surface area (Å²) >= 11 is 0. The Hall–Kier alpha value is -2.20. The van der Waals surface area contributed by atoms with Crippen LogP contribution < -0.4 is 22.3 Å². The Balaban J connectivity index is 3.30. The van der Waals surface area contributed by atoms with Crippen LogP contribution in [0.1, 0.15) is 13.8 Å². The van der Waals surface area contributed by atoms with Crippen LogP contribution >= 0.6 is 0 Å². The summed E-state index contributed by atoms with van der Waals surface area (Å²) in [4.78, 5) is 25.6. The van der Waals surface area contributed by atoms with Gasteiger partial charge in [0, 0.05) is 7.11 Å². The maximum absolute atomic E-state index is 11.8. The number of rotatable bonds is 5. The molecular weight excluding hydrogens is 248 g/mol. The zero-order chi connectivity index (χ0) is 14.6. The molecule has 1 aromatic rings. The molecule has 7 heteroatoms. The van der Waals surface area contributed by atoms with Crippen molar-refractivity contribution >= 4 is 11.5 Å². The number of nitrogens with two attached hydrogens (primary N) is 1. The molecule has 19 heavy (non-hydrogen) atoms. The normalized spacial score (nSPS) is 11.1. The van der Waals surface area contributed by atoms with Gasteiger partial charge in [0.15, 0.2) is 0 Å². The van der Waals surface area contributed by atoms with Gasteiger partial charge < -0.3 is 15.8 Å². The Morgan fingerprint density at radius 1 is 1.53 bits per heavy atom.